The summed E-state index contributed by atoms with van der Waals surface area (Å²) in [5, 5.41) is 38.9. The van der Waals surface area contributed by atoms with Gasteiger partial charge < -0.3 is 30.2 Å². The Morgan fingerprint density at radius 1 is 0.773 bits per heavy atom. The summed E-state index contributed by atoms with van der Waals surface area (Å²) in [6, 6.07) is 0. The smallest absolute Gasteiger partial charge is 0.489 e. The summed E-state index contributed by atoms with van der Waals surface area (Å²) >= 11 is 0. The molecular formula is C22H28N4O16P2. The zero-order valence-corrected chi connectivity index (χ0v) is 24.8. The number of hydroxylamine groups is 4. The van der Waals surface area contributed by atoms with Crippen molar-refractivity contribution in [2.24, 2.45) is 0 Å². The Balaban J connectivity index is 2.11. The number of carbonyl (C=O) groups is 4. The Labute approximate surface area is 248 Å². The number of hydrogen-bond donors (Lipinski definition) is 6. The Bertz CT molecular complexity index is 1380. The van der Waals surface area contributed by atoms with Crippen molar-refractivity contribution in [3.05, 3.63) is 46.0 Å². The van der Waals surface area contributed by atoms with Gasteiger partial charge in [-0.15, -0.1) is 0 Å². The minimum Gasteiger partial charge on any atom is -0.505 e. The van der Waals surface area contributed by atoms with Crippen LogP contribution in [0.1, 0.15) is 43.2 Å². The number of aryl methyl sites for hydroxylation is 2. The first kappa shape index (κ1) is 36.5. The van der Waals surface area contributed by atoms with Gasteiger partial charge in [-0.05, 0) is 13.8 Å². The molecule has 6 N–H and O–H groups in total. The van der Waals surface area contributed by atoms with Crippen LogP contribution in [0.15, 0.2) is 12.4 Å². The number of carboxylic acids is 2. The first-order valence-electron chi connectivity index (χ1n) is 12.0. The number of phosphoric ester groups is 2. The van der Waals surface area contributed by atoms with Gasteiger partial charge in [-0.25, -0.2) is 9.13 Å². The number of phosphoric acid groups is 2. The van der Waals surface area contributed by atoms with Crippen LogP contribution in [0.5, 0.6) is 11.5 Å². The minimum absolute atomic E-state index is 0.0926. The summed E-state index contributed by atoms with van der Waals surface area (Å²) in [4.78, 5) is 73.0. The van der Waals surface area contributed by atoms with Crippen molar-refractivity contribution >= 4 is 40.2 Å². The van der Waals surface area contributed by atoms with Crippen molar-refractivity contribution < 1.29 is 76.8 Å². The van der Waals surface area contributed by atoms with Crippen molar-refractivity contribution in [1.82, 2.24) is 20.1 Å². The van der Waals surface area contributed by atoms with Crippen LogP contribution in [0.4, 0.5) is 0 Å². The molecular weight excluding hydrogens is 638 g/mol. The van der Waals surface area contributed by atoms with Crippen molar-refractivity contribution in [2.75, 3.05) is 26.2 Å². The Hall–Kier alpha value is -3.68. The molecule has 0 aliphatic carbocycles. The summed E-state index contributed by atoms with van der Waals surface area (Å²) in [6.07, 6.45) is 2.68. The number of rotatable bonds is 19. The summed E-state index contributed by atoms with van der Waals surface area (Å²) in [5.41, 5.74) is -0.598. The van der Waals surface area contributed by atoms with Gasteiger partial charge in [-0.2, -0.15) is 19.4 Å². The molecule has 2 unspecified atom stereocenters. The topological polar surface area (TPSA) is 293 Å². The second-order valence-electron chi connectivity index (χ2n) is 8.66. The molecule has 0 aliphatic heterocycles. The lowest BCUT2D eigenvalue weighted by atomic mass is 10.1. The number of aromatic nitrogens is 2. The molecule has 0 radical (unpaired) electrons. The highest BCUT2D eigenvalue weighted by molar-refractivity contribution is 7.47. The van der Waals surface area contributed by atoms with Crippen molar-refractivity contribution in [2.45, 2.75) is 27.1 Å². The molecule has 2 atom stereocenters. The van der Waals surface area contributed by atoms with E-state index in [1.165, 1.54) is 13.8 Å². The molecule has 2 aromatic rings. The molecule has 0 fully saturated rings. The number of nitrogens with zero attached hydrogens (tertiary/aromatic N) is 4. The number of pyridine rings is 2. The van der Waals surface area contributed by atoms with Gasteiger partial charge in [0.2, 0.25) is 0 Å². The lowest BCUT2D eigenvalue weighted by Gasteiger charge is -2.26. The van der Waals surface area contributed by atoms with Crippen molar-refractivity contribution in [3.8, 4) is 11.5 Å². The second kappa shape index (κ2) is 15.9. The predicted octanol–water partition coefficient (Wildman–Crippen LogP) is 0.700. The second-order valence-corrected chi connectivity index (χ2v) is 11.4. The van der Waals surface area contributed by atoms with E-state index in [0.29, 0.717) is 10.1 Å². The Kier molecular flexibility index (Phi) is 13.2. The van der Waals surface area contributed by atoms with Crippen LogP contribution in [0.25, 0.3) is 0 Å². The van der Waals surface area contributed by atoms with Crippen LogP contribution >= 0.6 is 15.6 Å². The third-order valence-corrected chi connectivity index (χ3v) is 7.16. The van der Waals surface area contributed by atoms with Gasteiger partial charge in [0, 0.05) is 36.6 Å². The lowest BCUT2D eigenvalue weighted by Crippen LogP contribution is -2.39. The van der Waals surface area contributed by atoms with Crippen LogP contribution < -0.4 is 0 Å². The number of aliphatic carboxylic acids is 2. The maximum Gasteiger partial charge on any atom is 0.489 e. The van der Waals surface area contributed by atoms with Crippen LogP contribution in [-0.2, 0) is 50.2 Å². The maximum atomic E-state index is 12.5. The van der Waals surface area contributed by atoms with E-state index in [0.717, 1.165) is 12.4 Å². The molecule has 22 heteroatoms. The Morgan fingerprint density at radius 2 is 1.11 bits per heavy atom. The monoisotopic (exact) mass is 666 g/mol. The fourth-order valence-corrected chi connectivity index (χ4v) is 4.82. The van der Waals surface area contributed by atoms with E-state index in [4.69, 9.17) is 28.5 Å². The molecule has 44 heavy (non-hydrogen) atoms. The molecule has 2 rings (SSSR count). The molecule has 0 saturated heterocycles. The number of aromatic hydroxyl groups is 2. The zero-order valence-electron chi connectivity index (χ0n) is 23.0. The fraction of sp³-hybridized carbons (Fsp3) is 0.364. The molecule has 2 aromatic heterocycles. The highest BCUT2D eigenvalue weighted by Crippen LogP contribution is 2.47. The van der Waals surface area contributed by atoms with E-state index >= 15 is 0 Å². The van der Waals surface area contributed by atoms with Gasteiger partial charge in [-0.3, -0.25) is 38.2 Å². The highest BCUT2D eigenvalue weighted by Gasteiger charge is 2.31. The van der Waals surface area contributed by atoms with Gasteiger partial charge in [0.25, 0.3) is 0 Å². The first-order chi connectivity index (χ1) is 20.5. The highest BCUT2D eigenvalue weighted by atomic mass is 31.2. The standard InChI is InChI=1S/C22H28N4O16P2/c1-13-21(33)17(9-27)15(5-23-13)11-39-43(35,36)41-25(7-19(29)30)3-4-26(8-20(31)32)42-44(37,38)40-12-16-6-24-14(2)22(34)18(16)10-28/h5-6,9-10,33-34H,3-4,7-8,11-12H2,1-2H3,(H,29,30)(H,31,32)(H,35,36)(H,37,38). The molecule has 2 heterocycles. The largest absolute Gasteiger partial charge is 0.505 e. The van der Waals surface area contributed by atoms with E-state index in [1.54, 1.807) is 0 Å². The summed E-state index contributed by atoms with van der Waals surface area (Å²) in [6.45, 7) is -2.40. The van der Waals surface area contributed by atoms with E-state index in [9.17, 15) is 48.3 Å². The molecule has 0 spiro atoms. The quantitative estimate of drug-likeness (QED) is 0.0683. The molecule has 0 aromatic carbocycles. The Morgan fingerprint density at radius 3 is 1.41 bits per heavy atom. The number of aldehydes is 2. The number of carbonyl (C=O) groups excluding carboxylic acids is 2. The number of carboxylic acid groups (broad SMARTS) is 2. The van der Waals surface area contributed by atoms with E-state index < -0.39 is 78.5 Å². The normalized spacial score (nSPS) is 14.2. The molecule has 0 saturated carbocycles. The van der Waals surface area contributed by atoms with Crippen LogP contribution in [-0.4, -0.2) is 101 Å². The van der Waals surface area contributed by atoms with Gasteiger partial charge >= 0.3 is 27.6 Å². The third-order valence-electron chi connectivity index (χ3n) is 5.38. The van der Waals surface area contributed by atoms with E-state index in [1.807, 2.05) is 0 Å². The van der Waals surface area contributed by atoms with E-state index in [2.05, 4.69) is 9.97 Å². The van der Waals surface area contributed by atoms with E-state index in [-0.39, 0.29) is 46.2 Å². The molecule has 242 valence electrons. The van der Waals surface area contributed by atoms with Gasteiger partial charge in [0.05, 0.1) is 35.7 Å². The third kappa shape index (κ3) is 11.1. The maximum absolute atomic E-state index is 12.5. The fourth-order valence-electron chi connectivity index (χ4n) is 3.26. The van der Waals surface area contributed by atoms with Gasteiger partial charge in [-0.1, -0.05) is 0 Å². The molecule has 0 amide bonds. The average molecular weight is 666 g/mol. The molecule has 0 aliphatic rings. The summed E-state index contributed by atoms with van der Waals surface area (Å²) < 4.78 is 44.1. The summed E-state index contributed by atoms with van der Waals surface area (Å²) in [7, 11) is -10.3. The SMILES string of the molecule is Cc1ncc(COP(=O)(O)ON(CCN(CC(=O)O)OP(=O)(O)OCc2cnc(C)c(O)c2C=O)CC(=O)O)c(C=O)c1O. The minimum atomic E-state index is -5.14. The zero-order chi connectivity index (χ0) is 33.2. The molecule has 0 bridgehead atoms. The first-order valence-corrected chi connectivity index (χ1v) is 15.0. The predicted molar refractivity (Wildman–Crippen MR) is 142 cm³/mol. The van der Waals surface area contributed by atoms with Crippen LogP contribution in [0.2, 0.25) is 0 Å². The summed E-state index contributed by atoms with van der Waals surface area (Å²) in [5.74, 6) is -4.15. The molecule has 20 nitrogen and oxygen atoms in total. The lowest BCUT2D eigenvalue weighted by molar-refractivity contribution is -0.164. The number of hydrogen-bond acceptors (Lipinski definition) is 16. The van der Waals surface area contributed by atoms with Gasteiger partial charge in [0.1, 0.15) is 24.6 Å². The average Bonchev–Trinajstić information content (AvgIpc) is 2.92. The van der Waals surface area contributed by atoms with Crippen molar-refractivity contribution in [3.63, 3.8) is 0 Å². The van der Waals surface area contributed by atoms with Crippen LogP contribution in [0.3, 0.4) is 0 Å². The van der Waals surface area contributed by atoms with Crippen LogP contribution in [0, 0.1) is 13.8 Å². The van der Waals surface area contributed by atoms with Crippen molar-refractivity contribution in [1.29, 1.82) is 0 Å². The van der Waals surface area contributed by atoms with Gasteiger partial charge in [0.15, 0.2) is 12.6 Å².